The summed E-state index contributed by atoms with van der Waals surface area (Å²) in [5, 5.41) is 13.7. The van der Waals surface area contributed by atoms with Crippen LogP contribution in [0.5, 0.6) is 0 Å². The van der Waals surface area contributed by atoms with Gasteiger partial charge in [0.1, 0.15) is 36.5 Å². The summed E-state index contributed by atoms with van der Waals surface area (Å²) in [4.78, 5) is 77.7. The fraction of sp³-hybridized carbons (Fsp3) is 0.509. The van der Waals surface area contributed by atoms with Gasteiger partial charge in [-0.1, -0.05) is 85.0 Å². The third-order valence-corrected chi connectivity index (χ3v) is 10.5. The highest BCUT2D eigenvalue weighted by atomic mass is 16.6. The van der Waals surface area contributed by atoms with Crippen molar-refractivity contribution in [1.29, 1.82) is 0 Å². The van der Waals surface area contributed by atoms with E-state index in [-0.39, 0.29) is 44.1 Å². The summed E-state index contributed by atoms with van der Waals surface area (Å²) in [6, 6.07) is 16.4. The summed E-state index contributed by atoms with van der Waals surface area (Å²) >= 11 is 0. The number of hydrogen-bond acceptors (Lipinski definition) is 10. The van der Waals surface area contributed by atoms with E-state index < -0.39 is 47.5 Å². The van der Waals surface area contributed by atoms with Gasteiger partial charge in [-0.3, -0.25) is 4.79 Å². The van der Waals surface area contributed by atoms with Crippen molar-refractivity contribution in [2.75, 3.05) is 32.7 Å². The average molecular weight is 960 g/mol. The second kappa shape index (κ2) is 30.7. The number of nitrogens with zero attached hydrogens (tertiary/aromatic N) is 3. The monoisotopic (exact) mass is 960 g/mol. The number of allylic oxidation sites excluding steroid dienone is 1. The Balaban J connectivity index is 0.000000392. The Morgan fingerprint density at radius 2 is 1.14 bits per heavy atom. The fourth-order valence-electron chi connectivity index (χ4n) is 7.20. The topological polar surface area (TPSA) is 193 Å². The predicted octanol–water partition coefficient (Wildman–Crippen LogP) is 9.81. The van der Waals surface area contributed by atoms with Crippen LogP contribution in [0, 0.1) is 5.92 Å². The fourth-order valence-corrected chi connectivity index (χ4v) is 7.20. The maximum atomic E-state index is 13.5. The number of carboxylic acids is 1. The minimum absolute atomic E-state index is 0.103. The molecular formula is C53H77N5O11. The van der Waals surface area contributed by atoms with Gasteiger partial charge >= 0.3 is 30.3 Å². The first-order chi connectivity index (χ1) is 32.7. The van der Waals surface area contributed by atoms with Gasteiger partial charge in [-0.25, -0.2) is 24.0 Å². The summed E-state index contributed by atoms with van der Waals surface area (Å²) in [5.74, 6) is -0.784. The maximum Gasteiger partial charge on any atom is 0.410 e. The summed E-state index contributed by atoms with van der Waals surface area (Å²) in [5.41, 5.74) is 0.690. The average Bonchev–Trinajstić information content (AvgIpc) is 3.31. The van der Waals surface area contributed by atoms with Crippen molar-refractivity contribution in [3.8, 4) is 0 Å². The zero-order valence-electron chi connectivity index (χ0n) is 41.7. The lowest BCUT2D eigenvalue weighted by atomic mass is 9.94. The number of likely N-dealkylation sites (tertiary alicyclic amines) is 2. The van der Waals surface area contributed by atoms with Crippen molar-refractivity contribution in [3.05, 3.63) is 122 Å². The number of rotatable bonds is 18. The van der Waals surface area contributed by atoms with E-state index in [2.05, 4.69) is 36.9 Å². The van der Waals surface area contributed by atoms with E-state index in [1.54, 1.807) is 22.0 Å². The molecule has 3 N–H and O–H groups in total. The van der Waals surface area contributed by atoms with Gasteiger partial charge in [-0.2, -0.15) is 0 Å². The molecule has 0 aliphatic carbocycles. The summed E-state index contributed by atoms with van der Waals surface area (Å²) in [6.45, 7) is 28.9. The van der Waals surface area contributed by atoms with Crippen molar-refractivity contribution in [2.45, 2.75) is 135 Å². The zero-order chi connectivity index (χ0) is 51.4. The maximum absolute atomic E-state index is 13.5. The molecule has 2 aromatic rings. The first kappa shape index (κ1) is 58.5. The van der Waals surface area contributed by atoms with Crippen LogP contribution in [0.4, 0.5) is 19.2 Å². The Morgan fingerprint density at radius 3 is 1.59 bits per heavy atom. The summed E-state index contributed by atoms with van der Waals surface area (Å²) < 4.78 is 21.1. The number of carbonyl (C=O) groups is 6. The van der Waals surface area contributed by atoms with E-state index in [9.17, 15) is 28.8 Å². The molecule has 0 aromatic heterocycles. The Kier molecular flexibility index (Phi) is 26.1. The number of carbonyl (C=O) groups excluding carboxylic acids is 5. The van der Waals surface area contributed by atoms with Gasteiger partial charge < -0.3 is 49.4 Å². The predicted molar refractivity (Wildman–Crippen MR) is 267 cm³/mol. The van der Waals surface area contributed by atoms with E-state index in [0.29, 0.717) is 25.6 Å². The minimum atomic E-state index is -1.12. The number of aliphatic carboxylic acids is 1. The number of nitrogens with one attached hydrogen (secondary N) is 2. The Bertz CT molecular complexity index is 1950. The van der Waals surface area contributed by atoms with Crippen LogP contribution < -0.4 is 10.6 Å². The van der Waals surface area contributed by atoms with Crippen LogP contribution in [-0.2, 0) is 41.8 Å². The molecule has 2 heterocycles. The van der Waals surface area contributed by atoms with Gasteiger partial charge in [0.05, 0.1) is 0 Å². The highest BCUT2D eigenvalue weighted by molar-refractivity contribution is 5.86. The highest BCUT2D eigenvalue weighted by Gasteiger charge is 2.35. The molecule has 2 aliphatic rings. The molecule has 4 atom stereocenters. The van der Waals surface area contributed by atoms with Crippen LogP contribution in [0.2, 0.25) is 0 Å². The molecule has 2 aliphatic heterocycles. The first-order valence-corrected chi connectivity index (χ1v) is 23.6. The molecule has 2 fully saturated rings. The molecule has 0 spiro atoms. The smallest absolute Gasteiger partial charge is 0.410 e. The number of ether oxygens (including phenoxy) is 4. The summed E-state index contributed by atoms with van der Waals surface area (Å²) in [6.07, 6.45) is 10.9. The second-order valence-electron chi connectivity index (χ2n) is 18.7. The van der Waals surface area contributed by atoms with Crippen LogP contribution in [0.1, 0.15) is 104 Å². The lowest BCUT2D eigenvalue weighted by Gasteiger charge is -2.40. The van der Waals surface area contributed by atoms with Crippen molar-refractivity contribution >= 4 is 36.2 Å². The standard InChI is InChI=1S/C26H37N3O5.C14H25NO2.C13H15NO4/c1-6-12-22(27-24(31)33-19-20-13-9-8-10-14-20)23(30)29(16-7-2)21-15-11-17-28(18-21)25(32)34-26(3,4)5;1-5-6-8-12-9-7-10-15(11-12)13(16)17-14(2,3)4;1-2-6-11(12(15)16)14-13(17)18-9-10-7-4-3-5-8-10/h6-10,13-14,21-22H,1-2,11-12,15-19H2,3-5H3,(H,27,31);5,12H,1,6-11H2,2-4H3;2-5,7-8,11H,1,6,9H2,(H,14,17)(H,15,16)/t21-,22-;12-;11-/m111/s1. The largest absolute Gasteiger partial charge is 0.480 e. The van der Waals surface area contributed by atoms with E-state index >= 15 is 0 Å². The molecule has 2 saturated heterocycles. The molecule has 380 valence electrons. The molecule has 0 unspecified atom stereocenters. The van der Waals surface area contributed by atoms with Crippen molar-refractivity contribution in [2.24, 2.45) is 5.92 Å². The van der Waals surface area contributed by atoms with Gasteiger partial charge in [0.25, 0.3) is 0 Å². The number of hydrogen-bond donors (Lipinski definition) is 3. The molecule has 2 aromatic carbocycles. The molecule has 5 amide bonds. The third kappa shape index (κ3) is 24.3. The van der Waals surface area contributed by atoms with E-state index in [1.807, 2.05) is 113 Å². The van der Waals surface area contributed by atoms with Crippen molar-refractivity contribution < 1.29 is 52.8 Å². The van der Waals surface area contributed by atoms with E-state index in [0.717, 1.165) is 56.3 Å². The number of carboxylic acid groups (broad SMARTS) is 1. The normalized spacial score (nSPS) is 16.4. The van der Waals surface area contributed by atoms with Crippen molar-refractivity contribution in [1.82, 2.24) is 25.3 Å². The van der Waals surface area contributed by atoms with Gasteiger partial charge in [0.15, 0.2) is 0 Å². The molecule has 0 bridgehead atoms. The van der Waals surface area contributed by atoms with Gasteiger partial charge in [-0.15, -0.1) is 26.3 Å². The molecule has 0 saturated carbocycles. The molecule has 16 heteroatoms. The minimum Gasteiger partial charge on any atom is -0.480 e. The Hall–Kier alpha value is -6.58. The molecule has 69 heavy (non-hydrogen) atoms. The molecule has 0 radical (unpaired) electrons. The lowest BCUT2D eigenvalue weighted by Crippen LogP contribution is -2.57. The van der Waals surface area contributed by atoms with Crippen LogP contribution in [0.3, 0.4) is 0 Å². The third-order valence-electron chi connectivity index (χ3n) is 10.5. The van der Waals surface area contributed by atoms with Gasteiger partial charge in [0.2, 0.25) is 5.91 Å². The molecular weight excluding hydrogens is 883 g/mol. The van der Waals surface area contributed by atoms with E-state index in [4.69, 9.17) is 24.1 Å². The number of amides is 5. The Labute approximate surface area is 409 Å². The number of piperidine rings is 2. The SMILES string of the molecule is C=CCC[C@@H]1CCCN(C(=O)OC(C)(C)C)C1.C=CC[C@@H](NC(=O)OCc1ccccc1)C(=O)N(CC=C)[C@@H]1CCCN(C(=O)OC(C)(C)C)C1.C=CC[C@@H](NC(=O)OCc1ccccc1)C(=O)O. The first-order valence-electron chi connectivity index (χ1n) is 23.6. The van der Waals surface area contributed by atoms with Crippen LogP contribution in [-0.4, -0.2) is 118 Å². The number of benzene rings is 2. The molecule has 16 nitrogen and oxygen atoms in total. The van der Waals surface area contributed by atoms with Gasteiger partial charge in [0, 0.05) is 38.8 Å². The Morgan fingerprint density at radius 1 is 0.681 bits per heavy atom. The summed E-state index contributed by atoms with van der Waals surface area (Å²) in [7, 11) is 0. The van der Waals surface area contributed by atoms with Crippen LogP contribution >= 0.6 is 0 Å². The van der Waals surface area contributed by atoms with E-state index in [1.165, 1.54) is 12.5 Å². The number of alkyl carbamates (subject to hydrolysis) is 2. The second-order valence-corrected chi connectivity index (χ2v) is 18.7. The van der Waals surface area contributed by atoms with Gasteiger partial charge in [-0.05, 0) is 110 Å². The van der Waals surface area contributed by atoms with Crippen molar-refractivity contribution in [3.63, 3.8) is 0 Å². The van der Waals surface area contributed by atoms with Crippen LogP contribution in [0.25, 0.3) is 0 Å². The lowest BCUT2D eigenvalue weighted by molar-refractivity contribution is -0.139. The quantitative estimate of drug-likeness (QED) is 0.0951. The molecule has 4 rings (SSSR count). The van der Waals surface area contributed by atoms with Crippen LogP contribution in [0.15, 0.2) is 111 Å². The highest BCUT2D eigenvalue weighted by Crippen LogP contribution is 2.23. The zero-order valence-corrected chi connectivity index (χ0v) is 41.7.